The maximum Gasteiger partial charge on any atom is 0.243 e. The molecule has 1 amide bonds. The van der Waals surface area contributed by atoms with E-state index in [-0.39, 0.29) is 10.8 Å². The summed E-state index contributed by atoms with van der Waals surface area (Å²) in [7, 11) is -1.50. The summed E-state index contributed by atoms with van der Waals surface area (Å²) < 4.78 is 27.4. The van der Waals surface area contributed by atoms with Crippen molar-refractivity contribution >= 4 is 15.9 Å². The summed E-state index contributed by atoms with van der Waals surface area (Å²) in [6.45, 7) is 6.51. The number of carbonyl (C=O) groups excluding carboxylic acids is 1. The average molecular weight is 423 g/mol. The van der Waals surface area contributed by atoms with Crippen LogP contribution in [0.5, 0.6) is 0 Å². The van der Waals surface area contributed by atoms with E-state index < -0.39 is 16.1 Å². The van der Waals surface area contributed by atoms with E-state index in [1.807, 2.05) is 0 Å². The van der Waals surface area contributed by atoms with E-state index in [4.69, 9.17) is 0 Å². The lowest BCUT2D eigenvalue weighted by Gasteiger charge is -2.33. The predicted molar refractivity (Wildman–Crippen MR) is 114 cm³/mol. The minimum absolute atomic E-state index is 0.163. The van der Waals surface area contributed by atoms with Gasteiger partial charge in [-0.3, -0.25) is 4.79 Å². The lowest BCUT2D eigenvalue weighted by Crippen LogP contribution is -2.51. The average Bonchev–Trinajstić information content (AvgIpc) is 2.75. The molecule has 1 aromatic carbocycles. The summed E-state index contributed by atoms with van der Waals surface area (Å²) in [6.07, 6.45) is 4.21. The first-order valence-corrected chi connectivity index (χ1v) is 12.2. The molecule has 1 N–H and O–H groups in total. The summed E-state index contributed by atoms with van der Waals surface area (Å²) in [4.78, 5) is 17.8. The van der Waals surface area contributed by atoms with Crippen LogP contribution in [0.25, 0.3) is 0 Å². The van der Waals surface area contributed by atoms with Crippen LogP contribution >= 0.6 is 0 Å². The summed E-state index contributed by atoms with van der Waals surface area (Å²) in [5.41, 5.74) is 0. The largest absolute Gasteiger partial charge is 0.355 e. The van der Waals surface area contributed by atoms with Gasteiger partial charge in [-0.25, -0.2) is 8.42 Å². The van der Waals surface area contributed by atoms with Gasteiger partial charge in [-0.1, -0.05) is 24.6 Å². The van der Waals surface area contributed by atoms with E-state index in [2.05, 4.69) is 22.2 Å². The molecule has 1 aromatic rings. The second-order valence-electron chi connectivity index (χ2n) is 8.08. The van der Waals surface area contributed by atoms with E-state index in [1.54, 1.807) is 30.3 Å². The van der Waals surface area contributed by atoms with Crippen LogP contribution in [0.1, 0.15) is 32.1 Å². The fraction of sp³-hybridized carbons (Fsp3) is 0.667. The van der Waals surface area contributed by atoms with E-state index in [1.165, 1.54) is 4.31 Å². The van der Waals surface area contributed by atoms with E-state index >= 15 is 0 Å². The summed E-state index contributed by atoms with van der Waals surface area (Å²) in [6, 6.07) is 7.81. The predicted octanol–water partition coefficient (Wildman–Crippen LogP) is 1.37. The van der Waals surface area contributed by atoms with Gasteiger partial charge in [0.2, 0.25) is 15.9 Å². The highest BCUT2D eigenvalue weighted by molar-refractivity contribution is 7.89. The number of piperazine rings is 1. The molecular formula is C21H34N4O3S. The van der Waals surface area contributed by atoms with Gasteiger partial charge in [0, 0.05) is 39.3 Å². The topological polar surface area (TPSA) is 73.0 Å². The van der Waals surface area contributed by atoms with Crippen LogP contribution in [0.15, 0.2) is 35.2 Å². The molecule has 162 valence electrons. The third-order valence-electron chi connectivity index (χ3n) is 5.90. The number of nitrogens with one attached hydrogen (secondary N) is 1. The fourth-order valence-electron chi connectivity index (χ4n) is 4.04. The van der Waals surface area contributed by atoms with Gasteiger partial charge in [0.15, 0.2) is 0 Å². The van der Waals surface area contributed by atoms with Crippen LogP contribution in [-0.2, 0) is 14.8 Å². The monoisotopic (exact) mass is 422 g/mol. The minimum atomic E-state index is -3.65. The van der Waals surface area contributed by atoms with Crippen molar-refractivity contribution in [1.82, 2.24) is 19.4 Å². The van der Waals surface area contributed by atoms with Crippen molar-refractivity contribution in [2.75, 3.05) is 52.9 Å². The van der Waals surface area contributed by atoms with Crippen LogP contribution in [-0.4, -0.2) is 87.3 Å². The molecular weight excluding hydrogens is 388 g/mol. The van der Waals surface area contributed by atoms with Gasteiger partial charge in [0.25, 0.3) is 0 Å². The Kier molecular flexibility index (Phi) is 8.06. The Morgan fingerprint density at radius 1 is 1.03 bits per heavy atom. The summed E-state index contributed by atoms with van der Waals surface area (Å²) in [5.74, 6) is -0.163. The van der Waals surface area contributed by atoms with Gasteiger partial charge in [0.05, 0.1) is 4.90 Å². The van der Waals surface area contributed by atoms with Crippen LogP contribution in [0.2, 0.25) is 0 Å². The number of unbranched alkanes of at least 4 members (excludes halogenated alkanes) is 1. The third-order valence-corrected chi connectivity index (χ3v) is 7.82. The maximum absolute atomic E-state index is 13.0. The Morgan fingerprint density at radius 2 is 1.76 bits per heavy atom. The highest BCUT2D eigenvalue weighted by atomic mass is 32.2. The Hall–Kier alpha value is -1.48. The number of carbonyl (C=O) groups is 1. The molecule has 0 spiro atoms. The molecule has 2 aliphatic rings. The van der Waals surface area contributed by atoms with Crippen LogP contribution < -0.4 is 5.32 Å². The molecule has 0 aromatic heterocycles. The van der Waals surface area contributed by atoms with Gasteiger partial charge in [-0.15, -0.1) is 0 Å². The quantitative estimate of drug-likeness (QED) is 0.641. The molecule has 0 aliphatic carbocycles. The Bertz CT molecular complexity index is 748. The lowest BCUT2D eigenvalue weighted by molar-refractivity contribution is -0.125. The molecule has 0 bridgehead atoms. The summed E-state index contributed by atoms with van der Waals surface area (Å²) in [5, 5.41) is 2.98. The van der Waals surface area contributed by atoms with Crippen molar-refractivity contribution in [3.8, 4) is 0 Å². The number of amides is 1. The van der Waals surface area contributed by atoms with E-state index in [9.17, 15) is 13.2 Å². The van der Waals surface area contributed by atoms with Crippen molar-refractivity contribution in [2.24, 2.45) is 0 Å². The molecule has 8 heteroatoms. The normalized spacial score (nSPS) is 22.4. The van der Waals surface area contributed by atoms with Crippen molar-refractivity contribution in [3.63, 3.8) is 0 Å². The minimum Gasteiger partial charge on any atom is -0.355 e. The molecule has 0 radical (unpaired) electrons. The number of likely N-dealkylation sites (N-methyl/N-ethyl adjacent to an activating group) is 1. The fourth-order valence-corrected chi connectivity index (χ4v) is 5.72. The molecule has 1 unspecified atom stereocenters. The van der Waals surface area contributed by atoms with Gasteiger partial charge < -0.3 is 15.1 Å². The van der Waals surface area contributed by atoms with Crippen LogP contribution in [0.4, 0.5) is 0 Å². The SMILES string of the molecule is CN1CCN(CCCCNC(=O)C2CCCCN2S(=O)(=O)c2ccccc2)CC1. The van der Waals surface area contributed by atoms with Crippen molar-refractivity contribution in [2.45, 2.75) is 43.0 Å². The Balaban J connectivity index is 1.47. The number of benzene rings is 1. The third kappa shape index (κ3) is 6.01. The van der Waals surface area contributed by atoms with Gasteiger partial charge >= 0.3 is 0 Å². The molecule has 2 aliphatic heterocycles. The Morgan fingerprint density at radius 3 is 2.48 bits per heavy atom. The smallest absolute Gasteiger partial charge is 0.243 e. The van der Waals surface area contributed by atoms with Crippen molar-refractivity contribution in [1.29, 1.82) is 0 Å². The van der Waals surface area contributed by atoms with Gasteiger partial charge in [-0.2, -0.15) is 4.31 Å². The highest BCUT2D eigenvalue weighted by Gasteiger charge is 2.37. The number of hydrogen-bond donors (Lipinski definition) is 1. The molecule has 0 saturated carbocycles. The molecule has 7 nitrogen and oxygen atoms in total. The first kappa shape index (κ1) is 22.2. The lowest BCUT2D eigenvalue weighted by atomic mass is 10.0. The van der Waals surface area contributed by atoms with Crippen LogP contribution in [0, 0.1) is 0 Å². The van der Waals surface area contributed by atoms with Crippen molar-refractivity contribution < 1.29 is 13.2 Å². The number of nitrogens with zero attached hydrogens (tertiary/aromatic N) is 3. The standard InChI is InChI=1S/C21H34N4O3S/c1-23-15-17-24(18-16-23)13-8-6-12-22-21(26)20-11-5-7-14-25(20)29(27,28)19-9-3-2-4-10-19/h2-4,9-10,20H,5-8,11-18H2,1H3,(H,22,26). The maximum atomic E-state index is 13.0. The number of sulfonamides is 1. The molecule has 2 heterocycles. The van der Waals surface area contributed by atoms with Gasteiger partial charge in [-0.05, 0) is 51.4 Å². The second-order valence-corrected chi connectivity index (χ2v) is 9.97. The zero-order valence-electron chi connectivity index (χ0n) is 17.4. The Labute approximate surface area is 175 Å². The molecule has 1 atom stereocenters. The zero-order valence-corrected chi connectivity index (χ0v) is 18.2. The zero-order chi connectivity index (χ0) is 20.7. The van der Waals surface area contributed by atoms with Gasteiger partial charge in [0.1, 0.15) is 6.04 Å². The van der Waals surface area contributed by atoms with E-state index in [0.29, 0.717) is 19.5 Å². The van der Waals surface area contributed by atoms with E-state index in [0.717, 1.165) is 58.4 Å². The molecule has 2 saturated heterocycles. The van der Waals surface area contributed by atoms with Crippen molar-refractivity contribution in [3.05, 3.63) is 30.3 Å². The summed E-state index contributed by atoms with van der Waals surface area (Å²) >= 11 is 0. The van der Waals surface area contributed by atoms with Crippen LogP contribution in [0.3, 0.4) is 0 Å². The second kappa shape index (κ2) is 10.5. The molecule has 2 fully saturated rings. The molecule has 29 heavy (non-hydrogen) atoms. The number of piperidine rings is 1. The first-order chi connectivity index (χ1) is 14.0. The highest BCUT2D eigenvalue weighted by Crippen LogP contribution is 2.25. The molecule has 3 rings (SSSR count). The first-order valence-electron chi connectivity index (χ1n) is 10.7. The number of rotatable bonds is 8. The number of hydrogen-bond acceptors (Lipinski definition) is 5.